The Morgan fingerprint density at radius 2 is 2.11 bits per heavy atom. The average Bonchev–Trinajstić information content (AvgIpc) is 2.97. The molecular formula is C13H16ClN3S. The Morgan fingerprint density at radius 1 is 1.33 bits per heavy atom. The summed E-state index contributed by atoms with van der Waals surface area (Å²) < 4.78 is 0. The van der Waals surface area contributed by atoms with Gasteiger partial charge in [-0.3, -0.25) is 4.90 Å². The molecule has 0 aromatic carbocycles. The molecule has 1 saturated heterocycles. The predicted octanol–water partition coefficient (Wildman–Crippen LogP) is 3.50. The SMILES string of the molecule is CCc1cc2c(Cl)nc(CN3CCCC3)nc2s1. The minimum atomic E-state index is 0.602. The fourth-order valence-electron chi connectivity index (χ4n) is 2.36. The summed E-state index contributed by atoms with van der Waals surface area (Å²) in [5, 5.41) is 1.61. The molecule has 2 aromatic heterocycles. The first-order valence-corrected chi connectivity index (χ1v) is 7.63. The Balaban J connectivity index is 1.92. The number of halogens is 1. The first-order chi connectivity index (χ1) is 8.76. The monoisotopic (exact) mass is 281 g/mol. The molecule has 0 N–H and O–H groups in total. The van der Waals surface area contributed by atoms with E-state index >= 15 is 0 Å². The zero-order valence-electron chi connectivity index (χ0n) is 10.4. The largest absolute Gasteiger partial charge is 0.296 e. The molecule has 0 saturated carbocycles. The number of hydrogen-bond acceptors (Lipinski definition) is 4. The van der Waals surface area contributed by atoms with E-state index in [0.29, 0.717) is 5.15 Å². The molecule has 1 aliphatic heterocycles. The molecule has 96 valence electrons. The summed E-state index contributed by atoms with van der Waals surface area (Å²) in [4.78, 5) is 13.8. The molecule has 2 aromatic rings. The molecule has 0 bridgehead atoms. The van der Waals surface area contributed by atoms with Crippen molar-refractivity contribution in [2.75, 3.05) is 13.1 Å². The van der Waals surface area contributed by atoms with Gasteiger partial charge in [0.15, 0.2) is 0 Å². The summed E-state index contributed by atoms with van der Waals surface area (Å²) in [7, 11) is 0. The second-order valence-electron chi connectivity index (χ2n) is 4.70. The first kappa shape index (κ1) is 12.3. The lowest BCUT2D eigenvalue weighted by Gasteiger charge is -2.12. The van der Waals surface area contributed by atoms with E-state index in [1.165, 1.54) is 17.7 Å². The van der Waals surface area contributed by atoms with E-state index in [0.717, 1.165) is 42.1 Å². The Kier molecular flexibility index (Phi) is 3.50. The summed E-state index contributed by atoms with van der Waals surface area (Å²) in [6.45, 7) is 5.29. The number of likely N-dealkylation sites (tertiary alicyclic amines) is 1. The summed E-state index contributed by atoms with van der Waals surface area (Å²) >= 11 is 7.98. The topological polar surface area (TPSA) is 29.0 Å². The number of rotatable bonds is 3. The quantitative estimate of drug-likeness (QED) is 0.806. The highest BCUT2D eigenvalue weighted by Crippen LogP contribution is 2.29. The Bertz CT molecular complexity index is 561. The maximum Gasteiger partial charge on any atom is 0.145 e. The molecule has 0 aliphatic carbocycles. The van der Waals surface area contributed by atoms with Crippen LogP contribution in [0.25, 0.3) is 10.2 Å². The fourth-order valence-corrected chi connectivity index (χ4v) is 3.65. The third-order valence-electron chi connectivity index (χ3n) is 3.36. The summed E-state index contributed by atoms with van der Waals surface area (Å²) in [6, 6.07) is 2.11. The molecule has 3 rings (SSSR count). The normalized spacial score (nSPS) is 16.8. The van der Waals surface area contributed by atoms with Crippen LogP contribution in [-0.2, 0) is 13.0 Å². The summed E-state index contributed by atoms with van der Waals surface area (Å²) in [5.74, 6) is 0.860. The second-order valence-corrected chi connectivity index (χ2v) is 6.17. The van der Waals surface area contributed by atoms with Crippen molar-refractivity contribution in [2.45, 2.75) is 32.7 Å². The van der Waals surface area contributed by atoms with Gasteiger partial charge in [0.2, 0.25) is 0 Å². The van der Waals surface area contributed by atoms with E-state index in [4.69, 9.17) is 11.6 Å². The number of thiophene rings is 1. The van der Waals surface area contributed by atoms with Crippen molar-refractivity contribution in [2.24, 2.45) is 0 Å². The standard InChI is InChI=1S/C13H16ClN3S/c1-2-9-7-10-12(14)15-11(16-13(10)18-9)8-17-5-3-4-6-17/h7H,2-6,8H2,1H3. The second kappa shape index (κ2) is 5.11. The van der Waals surface area contributed by atoms with E-state index in [1.54, 1.807) is 11.3 Å². The van der Waals surface area contributed by atoms with Crippen LogP contribution in [0.3, 0.4) is 0 Å². The lowest BCUT2D eigenvalue weighted by Crippen LogP contribution is -2.20. The van der Waals surface area contributed by atoms with Gasteiger partial charge < -0.3 is 0 Å². The number of nitrogens with zero attached hydrogens (tertiary/aromatic N) is 3. The molecule has 18 heavy (non-hydrogen) atoms. The zero-order valence-corrected chi connectivity index (χ0v) is 12.0. The minimum absolute atomic E-state index is 0.602. The van der Waals surface area contributed by atoms with E-state index in [1.807, 2.05) is 0 Å². The summed E-state index contributed by atoms with van der Waals surface area (Å²) in [5.41, 5.74) is 0. The van der Waals surface area contributed by atoms with Gasteiger partial charge in [0.1, 0.15) is 15.8 Å². The van der Waals surface area contributed by atoms with Crippen LogP contribution in [0.1, 0.15) is 30.5 Å². The maximum absolute atomic E-state index is 6.25. The Labute approximate surface area is 116 Å². The predicted molar refractivity (Wildman–Crippen MR) is 76.3 cm³/mol. The van der Waals surface area contributed by atoms with Crippen molar-refractivity contribution in [3.8, 4) is 0 Å². The van der Waals surface area contributed by atoms with Crippen LogP contribution in [0.5, 0.6) is 0 Å². The van der Waals surface area contributed by atoms with E-state index < -0.39 is 0 Å². The van der Waals surface area contributed by atoms with Crippen LogP contribution in [0.15, 0.2) is 6.07 Å². The molecular weight excluding hydrogens is 266 g/mol. The van der Waals surface area contributed by atoms with Crippen molar-refractivity contribution in [3.63, 3.8) is 0 Å². The highest BCUT2D eigenvalue weighted by molar-refractivity contribution is 7.18. The highest BCUT2D eigenvalue weighted by atomic mass is 35.5. The van der Waals surface area contributed by atoms with Gasteiger partial charge in [-0.05, 0) is 38.4 Å². The zero-order chi connectivity index (χ0) is 12.5. The number of aryl methyl sites for hydroxylation is 1. The van der Waals surface area contributed by atoms with Crippen LogP contribution in [0, 0.1) is 0 Å². The fraction of sp³-hybridized carbons (Fsp3) is 0.538. The molecule has 0 amide bonds. The smallest absolute Gasteiger partial charge is 0.145 e. The molecule has 3 heterocycles. The van der Waals surface area contributed by atoms with Gasteiger partial charge in [-0.1, -0.05) is 18.5 Å². The van der Waals surface area contributed by atoms with Crippen LogP contribution >= 0.6 is 22.9 Å². The van der Waals surface area contributed by atoms with Crippen molar-refractivity contribution in [1.82, 2.24) is 14.9 Å². The molecule has 5 heteroatoms. The van der Waals surface area contributed by atoms with E-state index in [9.17, 15) is 0 Å². The molecule has 0 unspecified atom stereocenters. The van der Waals surface area contributed by atoms with Gasteiger partial charge in [-0.2, -0.15) is 0 Å². The molecule has 1 aliphatic rings. The third kappa shape index (κ3) is 2.37. The lowest BCUT2D eigenvalue weighted by atomic mass is 10.3. The lowest BCUT2D eigenvalue weighted by molar-refractivity contribution is 0.323. The van der Waals surface area contributed by atoms with Crippen LogP contribution in [-0.4, -0.2) is 28.0 Å². The Morgan fingerprint density at radius 3 is 2.83 bits per heavy atom. The average molecular weight is 282 g/mol. The maximum atomic E-state index is 6.25. The minimum Gasteiger partial charge on any atom is -0.296 e. The molecule has 3 nitrogen and oxygen atoms in total. The molecule has 0 atom stereocenters. The molecule has 1 fully saturated rings. The molecule has 0 radical (unpaired) electrons. The van der Waals surface area contributed by atoms with Crippen LogP contribution in [0.2, 0.25) is 5.15 Å². The van der Waals surface area contributed by atoms with Crippen molar-refractivity contribution in [1.29, 1.82) is 0 Å². The summed E-state index contributed by atoms with van der Waals surface area (Å²) in [6.07, 6.45) is 3.60. The third-order valence-corrected chi connectivity index (χ3v) is 4.82. The van der Waals surface area contributed by atoms with Crippen LogP contribution in [0.4, 0.5) is 0 Å². The molecule has 0 spiro atoms. The van der Waals surface area contributed by atoms with Crippen molar-refractivity contribution >= 4 is 33.2 Å². The van der Waals surface area contributed by atoms with Crippen molar-refractivity contribution < 1.29 is 0 Å². The first-order valence-electron chi connectivity index (χ1n) is 6.43. The van der Waals surface area contributed by atoms with E-state index in [-0.39, 0.29) is 0 Å². The van der Waals surface area contributed by atoms with Gasteiger partial charge >= 0.3 is 0 Å². The van der Waals surface area contributed by atoms with Crippen LogP contribution < -0.4 is 0 Å². The van der Waals surface area contributed by atoms with Gasteiger partial charge in [0.25, 0.3) is 0 Å². The highest BCUT2D eigenvalue weighted by Gasteiger charge is 2.15. The van der Waals surface area contributed by atoms with E-state index in [2.05, 4.69) is 27.9 Å². The number of fused-ring (bicyclic) bond motifs is 1. The Hall–Kier alpha value is -0.710. The van der Waals surface area contributed by atoms with Gasteiger partial charge in [0.05, 0.1) is 6.54 Å². The van der Waals surface area contributed by atoms with Gasteiger partial charge in [-0.25, -0.2) is 9.97 Å². The van der Waals surface area contributed by atoms with Crippen molar-refractivity contribution in [3.05, 3.63) is 21.9 Å². The van der Waals surface area contributed by atoms with Gasteiger partial charge in [0, 0.05) is 10.3 Å². The number of hydrogen-bond donors (Lipinski definition) is 0. The number of aromatic nitrogens is 2. The van der Waals surface area contributed by atoms with Gasteiger partial charge in [-0.15, -0.1) is 11.3 Å².